The summed E-state index contributed by atoms with van der Waals surface area (Å²) in [6.45, 7) is 0.302. The second-order valence-electron chi connectivity index (χ2n) is 5.67. The van der Waals surface area contributed by atoms with Crippen LogP contribution >= 0.6 is 23.2 Å². The molecule has 1 fully saturated rings. The maximum absolute atomic E-state index is 12.2. The molecule has 0 saturated heterocycles. The largest absolute Gasteiger partial charge is 0.352 e. The summed E-state index contributed by atoms with van der Waals surface area (Å²) in [6, 6.07) is 5.82. The van der Waals surface area contributed by atoms with E-state index in [0.717, 1.165) is 23.7 Å². The first kappa shape index (κ1) is 14.7. The van der Waals surface area contributed by atoms with Crippen molar-refractivity contribution in [2.75, 3.05) is 0 Å². The molecular weight excluding hydrogens is 307 g/mol. The molecule has 3 nitrogen and oxygen atoms in total. The molecule has 5 heteroatoms. The van der Waals surface area contributed by atoms with E-state index in [9.17, 15) is 4.79 Å². The zero-order chi connectivity index (χ0) is 14.8. The van der Waals surface area contributed by atoms with Crippen molar-refractivity contribution in [1.29, 1.82) is 0 Å². The number of halogens is 2. The van der Waals surface area contributed by atoms with Crippen molar-refractivity contribution in [2.45, 2.75) is 44.7 Å². The van der Waals surface area contributed by atoms with Gasteiger partial charge in [0.1, 0.15) is 6.54 Å². The Kier molecular flexibility index (Phi) is 4.41. The lowest BCUT2D eigenvalue weighted by molar-refractivity contribution is -0.122. The molecule has 0 aliphatic heterocycles. The summed E-state index contributed by atoms with van der Waals surface area (Å²) in [6.07, 6.45) is 7.77. The highest BCUT2D eigenvalue weighted by Gasteiger charge is 2.16. The molecule has 1 amide bonds. The summed E-state index contributed by atoms with van der Waals surface area (Å²) < 4.78 is 1.89. The summed E-state index contributed by atoms with van der Waals surface area (Å²) in [5.41, 5.74) is 0.895. The summed E-state index contributed by atoms with van der Waals surface area (Å²) in [7, 11) is 0. The lowest BCUT2D eigenvalue weighted by atomic mass is 9.95. The molecule has 0 spiro atoms. The molecule has 0 bridgehead atoms. The quantitative estimate of drug-likeness (QED) is 0.892. The first-order valence-corrected chi connectivity index (χ1v) is 8.12. The third-order valence-electron chi connectivity index (χ3n) is 4.09. The molecular formula is C16H18Cl2N2O. The van der Waals surface area contributed by atoms with Gasteiger partial charge >= 0.3 is 0 Å². The topological polar surface area (TPSA) is 34.0 Å². The predicted molar refractivity (Wildman–Crippen MR) is 87.0 cm³/mol. The molecule has 1 aliphatic carbocycles. The Bertz CT molecular complexity index is 660. The number of nitrogens with zero attached hydrogens (tertiary/aromatic N) is 1. The Morgan fingerprint density at radius 2 is 2.00 bits per heavy atom. The molecule has 1 aliphatic rings. The number of carbonyl (C=O) groups is 1. The van der Waals surface area contributed by atoms with E-state index in [2.05, 4.69) is 5.32 Å². The van der Waals surface area contributed by atoms with Gasteiger partial charge in [-0.15, -0.1) is 0 Å². The van der Waals surface area contributed by atoms with E-state index < -0.39 is 0 Å². The molecule has 0 radical (unpaired) electrons. The average Bonchev–Trinajstić information content (AvgIpc) is 2.83. The molecule has 112 valence electrons. The number of aromatic nitrogens is 1. The zero-order valence-corrected chi connectivity index (χ0v) is 13.3. The number of amides is 1. The number of hydrogen-bond acceptors (Lipinski definition) is 1. The Hall–Kier alpha value is -1.19. The fourth-order valence-electron chi connectivity index (χ4n) is 3.03. The Labute approximate surface area is 134 Å². The highest BCUT2D eigenvalue weighted by atomic mass is 35.5. The lowest BCUT2D eigenvalue weighted by Gasteiger charge is -2.22. The number of nitrogens with one attached hydrogen (secondary N) is 1. The fourth-order valence-corrected chi connectivity index (χ4v) is 3.58. The molecule has 3 rings (SSSR count). The van der Waals surface area contributed by atoms with Gasteiger partial charge in [0.2, 0.25) is 5.91 Å². The summed E-state index contributed by atoms with van der Waals surface area (Å²) in [4.78, 5) is 12.2. The van der Waals surface area contributed by atoms with Crippen molar-refractivity contribution in [1.82, 2.24) is 9.88 Å². The number of hydrogen-bond donors (Lipinski definition) is 1. The average molecular weight is 325 g/mol. The van der Waals surface area contributed by atoms with E-state index in [4.69, 9.17) is 23.2 Å². The van der Waals surface area contributed by atoms with Crippen LogP contribution in [0.15, 0.2) is 24.4 Å². The number of carbonyl (C=O) groups excluding carboxylic acids is 1. The molecule has 21 heavy (non-hydrogen) atoms. The normalized spacial score (nSPS) is 16.3. The van der Waals surface area contributed by atoms with Crippen molar-refractivity contribution in [2.24, 2.45) is 0 Å². The molecule has 1 saturated carbocycles. The molecule has 1 N–H and O–H groups in total. The number of fused-ring (bicyclic) bond motifs is 1. The van der Waals surface area contributed by atoms with Crippen molar-refractivity contribution in [3.8, 4) is 0 Å². The summed E-state index contributed by atoms with van der Waals surface area (Å²) >= 11 is 12.2. The third kappa shape index (κ3) is 3.35. The monoisotopic (exact) mass is 324 g/mol. The van der Waals surface area contributed by atoms with E-state index in [1.165, 1.54) is 19.3 Å². The van der Waals surface area contributed by atoms with Gasteiger partial charge in [0.25, 0.3) is 0 Å². The molecule has 1 aromatic carbocycles. The minimum atomic E-state index is 0.0514. The smallest absolute Gasteiger partial charge is 0.240 e. The summed E-state index contributed by atoms with van der Waals surface area (Å²) in [5.74, 6) is 0.0514. The van der Waals surface area contributed by atoms with Crippen LogP contribution in [0, 0.1) is 0 Å². The minimum absolute atomic E-state index is 0.0514. The van der Waals surface area contributed by atoms with Gasteiger partial charge in [-0.3, -0.25) is 4.79 Å². The zero-order valence-electron chi connectivity index (χ0n) is 11.7. The highest BCUT2D eigenvalue weighted by Crippen LogP contribution is 2.28. The third-order valence-corrected chi connectivity index (χ3v) is 4.62. The Morgan fingerprint density at radius 1 is 1.24 bits per heavy atom. The molecule has 1 heterocycles. The highest BCUT2D eigenvalue weighted by molar-refractivity contribution is 6.38. The van der Waals surface area contributed by atoms with E-state index in [1.54, 1.807) is 6.07 Å². The van der Waals surface area contributed by atoms with Gasteiger partial charge in [-0.25, -0.2) is 0 Å². The van der Waals surface area contributed by atoms with Gasteiger partial charge in [-0.05, 0) is 31.0 Å². The SMILES string of the molecule is O=C(Cn1ccc2c(Cl)cc(Cl)cc21)NC1CCCCC1. The van der Waals surface area contributed by atoms with Crippen LogP contribution in [0.2, 0.25) is 10.0 Å². The Morgan fingerprint density at radius 3 is 2.76 bits per heavy atom. The van der Waals surface area contributed by atoms with Gasteiger partial charge in [0.05, 0.1) is 10.5 Å². The van der Waals surface area contributed by atoms with Crippen molar-refractivity contribution in [3.63, 3.8) is 0 Å². The standard InChI is InChI=1S/C16H18Cl2N2O/c17-11-8-14(18)13-6-7-20(15(13)9-11)10-16(21)19-12-4-2-1-3-5-12/h6-9,12H,1-5,10H2,(H,19,21). The van der Waals surface area contributed by atoms with Gasteiger partial charge in [-0.2, -0.15) is 0 Å². The van der Waals surface area contributed by atoms with Gasteiger partial charge in [0, 0.05) is 22.6 Å². The van der Waals surface area contributed by atoms with Crippen LogP contribution in [0.5, 0.6) is 0 Å². The Balaban J connectivity index is 1.73. The minimum Gasteiger partial charge on any atom is -0.352 e. The first-order valence-electron chi connectivity index (χ1n) is 7.37. The molecule has 0 unspecified atom stereocenters. The predicted octanol–water partition coefficient (Wildman–Crippen LogP) is 4.40. The van der Waals surface area contributed by atoms with Crippen LogP contribution in [0.3, 0.4) is 0 Å². The number of rotatable bonds is 3. The van der Waals surface area contributed by atoms with Gasteiger partial charge < -0.3 is 9.88 Å². The van der Waals surface area contributed by atoms with E-state index in [-0.39, 0.29) is 5.91 Å². The maximum Gasteiger partial charge on any atom is 0.240 e. The van der Waals surface area contributed by atoms with Crippen LogP contribution < -0.4 is 5.32 Å². The van der Waals surface area contributed by atoms with Crippen molar-refractivity contribution >= 4 is 40.0 Å². The van der Waals surface area contributed by atoms with Crippen LogP contribution in [-0.2, 0) is 11.3 Å². The van der Waals surface area contributed by atoms with Gasteiger partial charge in [-0.1, -0.05) is 42.5 Å². The second-order valence-corrected chi connectivity index (χ2v) is 6.51. The lowest BCUT2D eigenvalue weighted by Crippen LogP contribution is -2.38. The van der Waals surface area contributed by atoms with Crippen LogP contribution in [0.25, 0.3) is 10.9 Å². The van der Waals surface area contributed by atoms with E-state index >= 15 is 0 Å². The molecule has 0 atom stereocenters. The van der Waals surface area contributed by atoms with E-state index in [1.807, 2.05) is 22.9 Å². The fraction of sp³-hybridized carbons (Fsp3) is 0.438. The summed E-state index contributed by atoms with van der Waals surface area (Å²) in [5, 5.41) is 5.25. The van der Waals surface area contributed by atoms with Crippen LogP contribution in [0.4, 0.5) is 0 Å². The second kappa shape index (κ2) is 6.29. The first-order chi connectivity index (χ1) is 10.1. The van der Waals surface area contributed by atoms with Crippen LogP contribution in [0.1, 0.15) is 32.1 Å². The van der Waals surface area contributed by atoms with Gasteiger partial charge in [0.15, 0.2) is 0 Å². The molecule has 2 aromatic rings. The van der Waals surface area contributed by atoms with Crippen molar-refractivity contribution in [3.05, 3.63) is 34.4 Å². The molecule has 1 aromatic heterocycles. The van der Waals surface area contributed by atoms with Crippen LogP contribution in [-0.4, -0.2) is 16.5 Å². The van der Waals surface area contributed by atoms with Crippen molar-refractivity contribution < 1.29 is 4.79 Å². The maximum atomic E-state index is 12.2. The van der Waals surface area contributed by atoms with E-state index in [0.29, 0.717) is 22.6 Å². The number of benzene rings is 1.